The molecule has 0 spiro atoms. The van der Waals surface area contributed by atoms with Crippen LogP contribution < -0.4 is 10.6 Å². The fourth-order valence-electron chi connectivity index (χ4n) is 3.57. The number of hydrogen-bond donors (Lipinski definition) is 3. The van der Waals surface area contributed by atoms with Crippen LogP contribution in [0, 0.1) is 0 Å². The van der Waals surface area contributed by atoms with E-state index in [9.17, 15) is 9.90 Å². The van der Waals surface area contributed by atoms with Gasteiger partial charge in [0, 0.05) is 31.1 Å². The van der Waals surface area contributed by atoms with Crippen LogP contribution in [0.2, 0.25) is 0 Å². The van der Waals surface area contributed by atoms with Gasteiger partial charge in [-0.05, 0) is 46.9 Å². The normalized spacial score (nSPS) is 14.9. The van der Waals surface area contributed by atoms with Gasteiger partial charge < -0.3 is 20.6 Å². The maximum absolute atomic E-state index is 12.6. The summed E-state index contributed by atoms with van der Waals surface area (Å²) in [7, 11) is 0. The first-order valence-corrected chi connectivity index (χ1v) is 11.8. The number of guanidine groups is 1. The monoisotopic (exact) mass is 570 g/mol. The molecule has 0 fully saturated rings. The number of benzene rings is 1. The van der Waals surface area contributed by atoms with E-state index in [2.05, 4.69) is 60.0 Å². The van der Waals surface area contributed by atoms with Crippen LogP contribution >= 0.6 is 35.3 Å². The third-order valence-electron chi connectivity index (χ3n) is 5.50. The molecule has 32 heavy (non-hydrogen) atoms. The lowest BCUT2D eigenvalue weighted by molar-refractivity contribution is -0.130. The standard InChI is InChI=1S/C24H34N4O2S.HI/c1-5-25-23(26-14-20(29)17-6-8-19(9-7-17)24(2,3)4)27-15-22(30)28-12-10-21-18(16-28)11-13-31-21;/h6-9,11,13,20,29H,5,10,12,14-16H2,1-4H3,(H2,25,26,27);1H. The number of nitrogens with zero attached hydrogens (tertiary/aromatic N) is 2. The van der Waals surface area contributed by atoms with Crippen molar-refractivity contribution >= 4 is 47.2 Å². The van der Waals surface area contributed by atoms with Crippen molar-refractivity contribution in [2.45, 2.75) is 52.2 Å². The van der Waals surface area contributed by atoms with E-state index in [1.165, 1.54) is 16.0 Å². The Morgan fingerprint density at radius 1 is 1.22 bits per heavy atom. The zero-order valence-corrected chi connectivity index (χ0v) is 22.5. The highest BCUT2D eigenvalue weighted by Gasteiger charge is 2.21. The SMILES string of the molecule is CCNC(=NCC(=O)N1CCc2sccc2C1)NCC(O)c1ccc(C(C)(C)C)cc1.I. The van der Waals surface area contributed by atoms with Gasteiger partial charge in [0.2, 0.25) is 5.91 Å². The van der Waals surface area contributed by atoms with Gasteiger partial charge in [-0.25, -0.2) is 4.99 Å². The van der Waals surface area contributed by atoms with Crippen molar-refractivity contribution in [1.29, 1.82) is 0 Å². The predicted molar refractivity (Wildman–Crippen MR) is 143 cm³/mol. The molecule has 0 saturated heterocycles. The maximum atomic E-state index is 12.6. The van der Waals surface area contributed by atoms with Crippen molar-refractivity contribution < 1.29 is 9.90 Å². The molecular formula is C24H35IN4O2S. The lowest BCUT2D eigenvalue weighted by Gasteiger charge is -2.26. The highest BCUT2D eigenvalue weighted by atomic mass is 127. The van der Waals surface area contributed by atoms with E-state index in [0.717, 1.165) is 18.5 Å². The van der Waals surface area contributed by atoms with Crippen molar-refractivity contribution in [2.24, 2.45) is 4.99 Å². The van der Waals surface area contributed by atoms with Crippen LogP contribution in [0.4, 0.5) is 0 Å². The number of halogens is 1. The molecule has 1 aliphatic heterocycles. The van der Waals surface area contributed by atoms with Gasteiger partial charge in [-0.15, -0.1) is 35.3 Å². The van der Waals surface area contributed by atoms with Gasteiger partial charge in [0.15, 0.2) is 5.96 Å². The lowest BCUT2D eigenvalue weighted by atomic mass is 9.86. The van der Waals surface area contributed by atoms with Crippen LogP contribution in [0.1, 0.15) is 55.4 Å². The van der Waals surface area contributed by atoms with E-state index in [4.69, 9.17) is 0 Å². The van der Waals surface area contributed by atoms with Gasteiger partial charge in [0.05, 0.1) is 6.10 Å². The molecule has 3 N–H and O–H groups in total. The number of aliphatic hydroxyl groups excluding tert-OH is 1. The third kappa shape index (κ3) is 7.18. The van der Waals surface area contributed by atoms with Crippen LogP contribution in [0.3, 0.4) is 0 Å². The lowest BCUT2D eigenvalue weighted by Crippen LogP contribution is -2.41. The molecular weight excluding hydrogens is 535 g/mol. The highest BCUT2D eigenvalue weighted by molar-refractivity contribution is 14.0. The molecule has 2 aromatic rings. The first kappa shape index (κ1) is 26.6. The molecule has 1 atom stereocenters. The summed E-state index contributed by atoms with van der Waals surface area (Å²) >= 11 is 1.76. The van der Waals surface area contributed by atoms with Crippen LogP contribution in [-0.2, 0) is 23.2 Å². The van der Waals surface area contributed by atoms with Gasteiger partial charge in [-0.2, -0.15) is 0 Å². The molecule has 0 radical (unpaired) electrons. The number of carbonyl (C=O) groups is 1. The number of fused-ring (bicyclic) bond motifs is 1. The van der Waals surface area contributed by atoms with Gasteiger partial charge in [0.25, 0.3) is 0 Å². The number of hydrogen-bond acceptors (Lipinski definition) is 4. The Bertz CT molecular complexity index is 905. The summed E-state index contributed by atoms with van der Waals surface area (Å²) in [5, 5.41) is 19.0. The molecule has 0 aliphatic carbocycles. The molecule has 1 aromatic heterocycles. The van der Waals surface area contributed by atoms with Crippen molar-refractivity contribution in [1.82, 2.24) is 15.5 Å². The summed E-state index contributed by atoms with van der Waals surface area (Å²) in [6, 6.07) is 10.2. The summed E-state index contributed by atoms with van der Waals surface area (Å²) in [5.74, 6) is 0.557. The Morgan fingerprint density at radius 3 is 2.59 bits per heavy atom. The Morgan fingerprint density at radius 2 is 1.94 bits per heavy atom. The number of aliphatic imine (C=N–C) groups is 1. The molecule has 6 nitrogen and oxygen atoms in total. The molecule has 1 aliphatic rings. The summed E-state index contributed by atoms with van der Waals surface area (Å²) in [5.41, 5.74) is 3.42. The summed E-state index contributed by atoms with van der Waals surface area (Å²) in [4.78, 5) is 20.3. The summed E-state index contributed by atoms with van der Waals surface area (Å²) in [6.07, 6.45) is 0.258. The molecule has 1 aromatic carbocycles. The second-order valence-electron chi connectivity index (χ2n) is 8.90. The van der Waals surface area contributed by atoms with E-state index < -0.39 is 6.10 Å². The smallest absolute Gasteiger partial charge is 0.244 e. The van der Waals surface area contributed by atoms with Crippen LogP contribution in [0.15, 0.2) is 40.7 Å². The molecule has 3 rings (SSSR count). The zero-order chi connectivity index (χ0) is 22.4. The average molecular weight is 571 g/mol. The molecule has 1 unspecified atom stereocenters. The minimum atomic E-state index is -0.660. The van der Waals surface area contributed by atoms with Crippen LogP contribution in [-0.4, -0.2) is 48.1 Å². The minimum Gasteiger partial charge on any atom is -0.387 e. The second-order valence-corrected chi connectivity index (χ2v) is 9.90. The van der Waals surface area contributed by atoms with E-state index >= 15 is 0 Å². The number of aliphatic hydroxyl groups is 1. The van der Waals surface area contributed by atoms with E-state index in [0.29, 0.717) is 25.6 Å². The minimum absolute atomic E-state index is 0. The Balaban J connectivity index is 0.00000363. The molecule has 0 saturated carbocycles. The Labute approximate surface area is 212 Å². The molecule has 8 heteroatoms. The average Bonchev–Trinajstić information content (AvgIpc) is 3.22. The number of rotatable bonds is 6. The summed E-state index contributed by atoms with van der Waals surface area (Å²) in [6.45, 7) is 11.0. The molecule has 0 bridgehead atoms. The van der Waals surface area contributed by atoms with E-state index in [-0.39, 0.29) is 41.8 Å². The topological polar surface area (TPSA) is 77.0 Å². The van der Waals surface area contributed by atoms with Crippen LogP contribution in [0.5, 0.6) is 0 Å². The number of nitrogens with one attached hydrogen (secondary N) is 2. The maximum Gasteiger partial charge on any atom is 0.244 e. The largest absolute Gasteiger partial charge is 0.387 e. The first-order valence-electron chi connectivity index (χ1n) is 10.9. The van der Waals surface area contributed by atoms with Gasteiger partial charge >= 0.3 is 0 Å². The zero-order valence-electron chi connectivity index (χ0n) is 19.4. The molecule has 1 amide bonds. The number of thiophene rings is 1. The fourth-order valence-corrected chi connectivity index (χ4v) is 4.46. The summed E-state index contributed by atoms with van der Waals surface area (Å²) < 4.78 is 0. The van der Waals surface area contributed by atoms with Gasteiger partial charge in [0.1, 0.15) is 6.54 Å². The van der Waals surface area contributed by atoms with E-state index in [1.54, 1.807) is 11.3 Å². The third-order valence-corrected chi connectivity index (χ3v) is 6.52. The Kier molecular flexibility index (Phi) is 9.97. The van der Waals surface area contributed by atoms with Crippen molar-refractivity contribution in [2.75, 3.05) is 26.2 Å². The predicted octanol–water partition coefficient (Wildman–Crippen LogP) is 3.84. The van der Waals surface area contributed by atoms with Gasteiger partial charge in [-0.1, -0.05) is 45.0 Å². The van der Waals surface area contributed by atoms with Gasteiger partial charge in [-0.3, -0.25) is 4.79 Å². The molecule has 176 valence electrons. The van der Waals surface area contributed by atoms with Crippen molar-refractivity contribution in [3.8, 4) is 0 Å². The Hall–Kier alpha value is -1.65. The first-order chi connectivity index (χ1) is 14.8. The quantitative estimate of drug-likeness (QED) is 0.280. The second kappa shape index (κ2) is 12.0. The number of amides is 1. The molecule has 2 heterocycles. The number of carbonyl (C=O) groups excluding carboxylic acids is 1. The highest BCUT2D eigenvalue weighted by Crippen LogP contribution is 2.25. The van der Waals surface area contributed by atoms with Crippen LogP contribution in [0.25, 0.3) is 0 Å². The van der Waals surface area contributed by atoms with Crippen molar-refractivity contribution in [3.63, 3.8) is 0 Å². The van der Waals surface area contributed by atoms with E-state index in [1.807, 2.05) is 24.0 Å². The fraction of sp³-hybridized carbons (Fsp3) is 0.500. The van der Waals surface area contributed by atoms with Crippen molar-refractivity contribution in [3.05, 3.63) is 57.3 Å².